The molecule has 1 aliphatic rings. The van der Waals surface area contributed by atoms with Gasteiger partial charge in [-0.25, -0.2) is 4.98 Å². The van der Waals surface area contributed by atoms with Crippen LogP contribution >= 0.6 is 0 Å². The summed E-state index contributed by atoms with van der Waals surface area (Å²) >= 11 is 0. The number of nitrogens with two attached hydrogens (primary N) is 1. The number of hydrogen-bond donors (Lipinski definition) is 2. The Morgan fingerprint density at radius 3 is 2.77 bits per heavy atom. The number of nitrogens with one attached hydrogen (secondary N) is 1. The van der Waals surface area contributed by atoms with Gasteiger partial charge in [0.25, 0.3) is 0 Å². The second kappa shape index (κ2) is 8.04. The molecule has 6 heteroatoms. The highest BCUT2D eigenvalue weighted by Gasteiger charge is 2.27. The van der Waals surface area contributed by atoms with Crippen LogP contribution in [0.25, 0.3) is 16.9 Å². The van der Waals surface area contributed by atoms with E-state index in [4.69, 9.17) is 20.4 Å². The van der Waals surface area contributed by atoms with Gasteiger partial charge in [-0.15, -0.1) is 0 Å². The van der Waals surface area contributed by atoms with E-state index in [1.165, 1.54) is 5.56 Å². The van der Waals surface area contributed by atoms with Gasteiger partial charge in [-0.3, -0.25) is 4.57 Å². The monoisotopic (exact) mass is 413 g/mol. The van der Waals surface area contributed by atoms with Crippen molar-refractivity contribution in [1.82, 2.24) is 14.5 Å². The van der Waals surface area contributed by atoms with Crippen molar-refractivity contribution in [3.8, 4) is 5.95 Å². The van der Waals surface area contributed by atoms with Gasteiger partial charge in [-0.1, -0.05) is 36.4 Å². The standard InChI is InChI=1S/C25H27N5O/c1-16-14-19-20(26)11-7-12-21(19)30(16)25-28-23-18(10-6-13-22(23)31-2)24(29-25)27-15-17-8-4-3-5-9-17/h3-5,7-9,11-12,14,22H,6,10,13,15,26H2,1-2H3,(H,27,28,29)/t22-/m0/s1. The van der Waals surface area contributed by atoms with Gasteiger partial charge in [0, 0.05) is 36.0 Å². The molecule has 3 N–H and O–H groups in total. The van der Waals surface area contributed by atoms with Crippen molar-refractivity contribution in [3.63, 3.8) is 0 Å². The minimum Gasteiger partial charge on any atom is -0.398 e. The Bertz CT molecular complexity index is 1230. The Balaban J connectivity index is 1.65. The van der Waals surface area contributed by atoms with Crippen LogP contribution in [0.4, 0.5) is 11.5 Å². The summed E-state index contributed by atoms with van der Waals surface area (Å²) in [6.45, 7) is 2.77. The van der Waals surface area contributed by atoms with E-state index >= 15 is 0 Å². The van der Waals surface area contributed by atoms with Gasteiger partial charge >= 0.3 is 0 Å². The molecule has 0 unspecified atom stereocenters. The quantitative estimate of drug-likeness (QED) is 0.453. The summed E-state index contributed by atoms with van der Waals surface area (Å²) < 4.78 is 7.88. The van der Waals surface area contributed by atoms with E-state index in [0.717, 1.165) is 58.6 Å². The number of ether oxygens (including phenoxy) is 1. The number of aromatic nitrogens is 3. The molecule has 2 heterocycles. The molecule has 4 aromatic rings. The molecule has 0 aliphatic heterocycles. The van der Waals surface area contributed by atoms with Crippen molar-refractivity contribution < 1.29 is 4.74 Å². The lowest BCUT2D eigenvalue weighted by molar-refractivity contribution is 0.0842. The maximum absolute atomic E-state index is 6.23. The third-order valence-electron chi connectivity index (χ3n) is 6.08. The van der Waals surface area contributed by atoms with E-state index in [2.05, 4.69) is 53.2 Å². The molecule has 0 spiro atoms. The van der Waals surface area contributed by atoms with Crippen LogP contribution in [-0.2, 0) is 17.7 Å². The average Bonchev–Trinajstić information content (AvgIpc) is 3.14. The molecule has 31 heavy (non-hydrogen) atoms. The van der Waals surface area contributed by atoms with E-state index in [-0.39, 0.29) is 6.10 Å². The highest BCUT2D eigenvalue weighted by atomic mass is 16.5. The maximum Gasteiger partial charge on any atom is 0.236 e. The number of rotatable bonds is 5. The smallest absolute Gasteiger partial charge is 0.236 e. The molecular weight excluding hydrogens is 386 g/mol. The van der Waals surface area contributed by atoms with Gasteiger partial charge in [0.2, 0.25) is 5.95 Å². The predicted octanol–water partition coefficient (Wildman–Crippen LogP) is 4.95. The summed E-state index contributed by atoms with van der Waals surface area (Å²) in [4.78, 5) is 10.0. The van der Waals surface area contributed by atoms with Crippen LogP contribution in [0.2, 0.25) is 0 Å². The third kappa shape index (κ3) is 3.53. The fourth-order valence-electron chi connectivity index (χ4n) is 4.51. The van der Waals surface area contributed by atoms with Crippen molar-refractivity contribution in [1.29, 1.82) is 0 Å². The maximum atomic E-state index is 6.23. The van der Waals surface area contributed by atoms with Crippen molar-refractivity contribution in [2.75, 3.05) is 18.2 Å². The van der Waals surface area contributed by atoms with Gasteiger partial charge < -0.3 is 15.8 Å². The molecule has 2 aromatic carbocycles. The number of fused-ring (bicyclic) bond motifs is 2. The van der Waals surface area contributed by atoms with Gasteiger partial charge in [0.15, 0.2) is 0 Å². The molecule has 0 bridgehead atoms. The Morgan fingerprint density at radius 1 is 1.13 bits per heavy atom. The molecule has 1 atom stereocenters. The molecule has 0 fully saturated rings. The number of nitrogens with zero attached hydrogens (tertiary/aromatic N) is 3. The first kappa shape index (κ1) is 19.6. The third-order valence-corrected chi connectivity index (χ3v) is 6.08. The zero-order valence-electron chi connectivity index (χ0n) is 17.9. The highest BCUT2D eigenvalue weighted by Crippen LogP contribution is 2.36. The largest absolute Gasteiger partial charge is 0.398 e. The molecule has 0 radical (unpaired) electrons. The summed E-state index contributed by atoms with van der Waals surface area (Å²) in [6.07, 6.45) is 2.97. The van der Waals surface area contributed by atoms with E-state index in [9.17, 15) is 0 Å². The summed E-state index contributed by atoms with van der Waals surface area (Å²) in [7, 11) is 1.76. The number of hydrogen-bond acceptors (Lipinski definition) is 5. The molecule has 1 aliphatic carbocycles. The van der Waals surface area contributed by atoms with E-state index in [0.29, 0.717) is 12.5 Å². The first-order valence-electron chi connectivity index (χ1n) is 10.7. The minimum atomic E-state index is -0.0185. The van der Waals surface area contributed by atoms with Crippen molar-refractivity contribution in [2.24, 2.45) is 0 Å². The number of nitrogen functional groups attached to an aromatic ring is 1. The summed E-state index contributed by atoms with van der Waals surface area (Å²) in [5.41, 5.74) is 12.4. The van der Waals surface area contributed by atoms with E-state index in [1.54, 1.807) is 7.11 Å². The Kier molecular flexibility index (Phi) is 5.08. The van der Waals surface area contributed by atoms with E-state index < -0.39 is 0 Å². The van der Waals surface area contributed by atoms with Crippen molar-refractivity contribution >= 4 is 22.4 Å². The lowest BCUT2D eigenvalue weighted by atomic mass is 9.93. The van der Waals surface area contributed by atoms with Crippen LogP contribution < -0.4 is 11.1 Å². The molecule has 5 rings (SSSR count). The fraction of sp³-hybridized carbons (Fsp3) is 0.280. The van der Waals surface area contributed by atoms with Crippen LogP contribution in [0.3, 0.4) is 0 Å². The molecule has 2 aromatic heterocycles. The number of methoxy groups -OCH3 is 1. The van der Waals surface area contributed by atoms with Crippen LogP contribution in [0, 0.1) is 6.92 Å². The molecule has 0 saturated heterocycles. The van der Waals surface area contributed by atoms with E-state index in [1.807, 2.05) is 18.2 Å². The van der Waals surface area contributed by atoms with Crippen LogP contribution in [-0.4, -0.2) is 21.6 Å². The lowest BCUT2D eigenvalue weighted by Crippen LogP contribution is -2.20. The minimum absolute atomic E-state index is 0.0185. The van der Waals surface area contributed by atoms with Crippen molar-refractivity contribution in [3.05, 3.63) is 77.1 Å². The first-order valence-corrected chi connectivity index (χ1v) is 10.7. The molecule has 6 nitrogen and oxygen atoms in total. The molecule has 0 amide bonds. The number of anilines is 2. The average molecular weight is 414 g/mol. The number of benzene rings is 2. The topological polar surface area (TPSA) is 78.0 Å². The zero-order valence-corrected chi connectivity index (χ0v) is 17.9. The molecular formula is C25H27N5O. The van der Waals surface area contributed by atoms with Crippen molar-refractivity contribution in [2.45, 2.75) is 38.8 Å². The van der Waals surface area contributed by atoms with Gasteiger partial charge in [0.1, 0.15) is 5.82 Å². The van der Waals surface area contributed by atoms with Gasteiger partial charge in [-0.2, -0.15) is 4.98 Å². The predicted molar refractivity (Wildman–Crippen MR) is 124 cm³/mol. The highest BCUT2D eigenvalue weighted by molar-refractivity contribution is 5.93. The SMILES string of the molecule is CO[C@H]1CCCc2c(NCc3ccccc3)nc(-n3c(C)cc4c(N)cccc43)nc21. The first-order chi connectivity index (χ1) is 15.2. The van der Waals surface area contributed by atoms with Crippen LogP contribution in [0.15, 0.2) is 54.6 Å². The zero-order chi connectivity index (χ0) is 21.4. The Morgan fingerprint density at radius 2 is 1.97 bits per heavy atom. The number of aryl methyl sites for hydroxylation is 1. The Labute approximate surface area is 182 Å². The summed E-state index contributed by atoms with van der Waals surface area (Å²) in [6, 6.07) is 18.4. The molecule has 0 saturated carbocycles. The molecule has 158 valence electrons. The second-order valence-electron chi connectivity index (χ2n) is 8.09. The normalized spacial score (nSPS) is 15.7. The lowest BCUT2D eigenvalue weighted by Gasteiger charge is -2.26. The second-order valence-corrected chi connectivity index (χ2v) is 8.09. The fourth-order valence-corrected chi connectivity index (χ4v) is 4.51. The summed E-state index contributed by atoms with van der Waals surface area (Å²) in [5.74, 6) is 1.53. The van der Waals surface area contributed by atoms with Gasteiger partial charge in [0.05, 0.1) is 17.3 Å². The summed E-state index contributed by atoms with van der Waals surface area (Å²) in [5, 5.41) is 4.59. The van der Waals surface area contributed by atoms with Crippen LogP contribution in [0.1, 0.15) is 41.5 Å². The van der Waals surface area contributed by atoms with Crippen LogP contribution in [0.5, 0.6) is 0 Å². The Hall–Kier alpha value is -3.38. The van der Waals surface area contributed by atoms with Gasteiger partial charge in [-0.05, 0) is 49.9 Å².